The van der Waals surface area contributed by atoms with Crippen LogP contribution < -0.4 is 11.1 Å². The quantitative estimate of drug-likeness (QED) is 0.509. The van der Waals surface area contributed by atoms with Crippen molar-refractivity contribution < 1.29 is 9.90 Å². The number of nitrogens with one attached hydrogen (secondary N) is 1. The minimum absolute atomic E-state index is 0.00952. The highest BCUT2D eigenvalue weighted by Crippen LogP contribution is 2.32. The molecule has 0 bridgehead atoms. The van der Waals surface area contributed by atoms with Crippen LogP contribution in [-0.2, 0) is 4.79 Å². The Balaban J connectivity index is 2.07. The van der Waals surface area contributed by atoms with Crippen LogP contribution >= 0.6 is 0 Å². The van der Waals surface area contributed by atoms with Gasteiger partial charge >= 0.3 is 0 Å². The molecule has 1 fully saturated rings. The fourth-order valence-corrected chi connectivity index (χ4v) is 1.17. The normalized spacial score (nSPS) is 18.8. The van der Waals surface area contributed by atoms with Crippen molar-refractivity contribution in [3.05, 3.63) is 0 Å². The molecular formula is C8H16N2O2. The molecule has 4 N–H and O–H groups in total. The fraction of sp³-hybridized carbons (Fsp3) is 0.875. The first-order valence-corrected chi connectivity index (χ1v) is 4.37. The number of hydrogen-bond donors (Lipinski definition) is 3. The maximum absolute atomic E-state index is 11.0. The average molecular weight is 172 g/mol. The van der Waals surface area contributed by atoms with Gasteiger partial charge in [-0.3, -0.25) is 4.79 Å². The van der Waals surface area contributed by atoms with Crippen molar-refractivity contribution in [1.29, 1.82) is 0 Å². The number of rotatable bonds is 5. The summed E-state index contributed by atoms with van der Waals surface area (Å²) in [6.45, 7) is 0.320. The van der Waals surface area contributed by atoms with Crippen LogP contribution in [0.2, 0.25) is 0 Å². The van der Waals surface area contributed by atoms with Crippen LogP contribution in [0, 0.1) is 5.92 Å². The van der Waals surface area contributed by atoms with Crippen molar-refractivity contribution in [3.63, 3.8) is 0 Å². The van der Waals surface area contributed by atoms with Crippen LogP contribution in [0.4, 0.5) is 0 Å². The largest absolute Gasteiger partial charge is 0.395 e. The van der Waals surface area contributed by atoms with Crippen LogP contribution in [0.25, 0.3) is 0 Å². The molecule has 0 spiro atoms. The topological polar surface area (TPSA) is 75.4 Å². The van der Waals surface area contributed by atoms with Crippen LogP contribution in [0.3, 0.4) is 0 Å². The molecule has 0 aromatic carbocycles. The second-order valence-electron chi connectivity index (χ2n) is 3.28. The van der Waals surface area contributed by atoms with E-state index in [1.54, 1.807) is 0 Å². The number of carbonyl (C=O) groups is 1. The van der Waals surface area contributed by atoms with Gasteiger partial charge in [0.15, 0.2) is 0 Å². The monoisotopic (exact) mass is 172 g/mol. The molecule has 4 nitrogen and oxygen atoms in total. The van der Waals surface area contributed by atoms with E-state index in [2.05, 4.69) is 5.32 Å². The summed E-state index contributed by atoms with van der Waals surface area (Å²) >= 11 is 0. The summed E-state index contributed by atoms with van der Waals surface area (Å²) in [5, 5.41) is 11.0. The molecule has 0 radical (unpaired) electrons. The predicted molar refractivity (Wildman–Crippen MR) is 45.4 cm³/mol. The number of nitrogens with two attached hydrogens (primary N) is 1. The van der Waals surface area contributed by atoms with Crippen LogP contribution in [0.1, 0.15) is 19.3 Å². The Kier molecular flexibility index (Phi) is 3.49. The second kappa shape index (κ2) is 4.42. The molecule has 0 heterocycles. The molecule has 0 aliphatic heterocycles. The number of hydrogen-bond acceptors (Lipinski definition) is 3. The van der Waals surface area contributed by atoms with Gasteiger partial charge in [-0.05, 0) is 18.8 Å². The molecule has 1 aliphatic carbocycles. The zero-order valence-electron chi connectivity index (χ0n) is 7.12. The zero-order chi connectivity index (χ0) is 8.97. The Morgan fingerprint density at radius 3 is 2.83 bits per heavy atom. The van der Waals surface area contributed by atoms with E-state index in [-0.39, 0.29) is 18.6 Å². The average Bonchev–Trinajstić information content (AvgIpc) is 2.82. The summed E-state index contributed by atoms with van der Waals surface area (Å²) in [7, 11) is 0. The third-order valence-corrected chi connectivity index (χ3v) is 2.08. The molecule has 0 aromatic rings. The van der Waals surface area contributed by atoms with Gasteiger partial charge in [-0.15, -0.1) is 0 Å². The second-order valence-corrected chi connectivity index (χ2v) is 3.28. The van der Waals surface area contributed by atoms with Crippen molar-refractivity contribution in [2.75, 3.05) is 13.2 Å². The van der Waals surface area contributed by atoms with E-state index >= 15 is 0 Å². The highest BCUT2D eigenvalue weighted by Gasteiger charge is 2.29. The summed E-state index contributed by atoms with van der Waals surface area (Å²) in [5.74, 6) is 0.508. The third kappa shape index (κ3) is 3.19. The first-order chi connectivity index (χ1) is 5.74. The molecule has 70 valence electrons. The number of carbonyl (C=O) groups excluding carboxylic acids is 1. The molecule has 1 aliphatic rings. The molecule has 4 heteroatoms. The lowest BCUT2D eigenvalue weighted by Gasteiger charge is -2.09. The lowest BCUT2D eigenvalue weighted by atomic mass is 10.1. The molecule has 1 rings (SSSR count). The van der Waals surface area contributed by atoms with Gasteiger partial charge in [0.2, 0.25) is 5.91 Å². The molecule has 1 saturated carbocycles. The SMILES string of the molecule is N[C@H](CC(=O)NCCO)C1CC1. The number of aliphatic hydroxyl groups is 1. The van der Waals surface area contributed by atoms with E-state index < -0.39 is 0 Å². The Morgan fingerprint density at radius 1 is 1.67 bits per heavy atom. The van der Waals surface area contributed by atoms with Crippen LogP contribution in [0.15, 0.2) is 0 Å². The van der Waals surface area contributed by atoms with Crippen molar-refractivity contribution >= 4 is 5.91 Å². The first kappa shape index (κ1) is 9.48. The smallest absolute Gasteiger partial charge is 0.221 e. The van der Waals surface area contributed by atoms with Crippen LogP contribution in [0.5, 0.6) is 0 Å². The van der Waals surface area contributed by atoms with Gasteiger partial charge < -0.3 is 16.2 Å². The maximum atomic E-state index is 11.0. The van der Waals surface area contributed by atoms with E-state index in [9.17, 15) is 4.79 Å². The predicted octanol–water partition coefficient (Wildman–Crippen LogP) is -0.778. The summed E-state index contributed by atoms with van der Waals surface area (Å²) in [4.78, 5) is 11.0. The lowest BCUT2D eigenvalue weighted by molar-refractivity contribution is -0.121. The lowest BCUT2D eigenvalue weighted by Crippen LogP contribution is -2.34. The van der Waals surface area contributed by atoms with Gasteiger partial charge in [-0.1, -0.05) is 0 Å². The highest BCUT2D eigenvalue weighted by molar-refractivity contribution is 5.76. The van der Waals surface area contributed by atoms with Crippen LogP contribution in [-0.4, -0.2) is 30.2 Å². The highest BCUT2D eigenvalue weighted by atomic mass is 16.3. The minimum atomic E-state index is -0.0524. The Labute approximate surface area is 72.1 Å². The molecule has 1 amide bonds. The maximum Gasteiger partial charge on any atom is 0.221 e. The summed E-state index contributed by atoms with van der Waals surface area (Å²) in [6, 6.07) is 0.0173. The van der Waals surface area contributed by atoms with Gasteiger partial charge in [-0.2, -0.15) is 0 Å². The molecule has 0 saturated heterocycles. The Hall–Kier alpha value is -0.610. The molecule has 0 aromatic heterocycles. The number of aliphatic hydroxyl groups excluding tert-OH is 1. The van der Waals surface area contributed by atoms with Gasteiger partial charge in [0, 0.05) is 19.0 Å². The van der Waals surface area contributed by atoms with Crippen molar-refractivity contribution in [1.82, 2.24) is 5.32 Å². The van der Waals surface area contributed by atoms with Gasteiger partial charge in [0.1, 0.15) is 0 Å². The van der Waals surface area contributed by atoms with Gasteiger partial charge in [0.25, 0.3) is 0 Å². The van der Waals surface area contributed by atoms with Gasteiger partial charge in [0.05, 0.1) is 6.61 Å². The Morgan fingerprint density at radius 2 is 2.33 bits per heavy atom. The van der Waals surface area contributed by atoms with Crippen molar-refractivity contribution in [2.45, 2.75) is 25.3 Å². The molecular weight excluding hydrogens is 156 g/mol. The first-order valence-electron chi connectivity index (χ1n) is 4.37. The van der Waals surface area contributed by atoms with E-state index in [0.29, 0.717) is 18.9 Å². The number of amides is 1. The van der Waals surface area contributed by atoms with E-state index in [0.717, 1.165) is 12.8 Å². The van der Waals surface area contributed by atoms with Crippen molar-refractivity contribution in [2.24, 2.45) is 11.7 Å². The summed E-state index contributed by atoms with van der Waals surface area (Å²) in [5.41, 5.74) is 5.73. The van der Waals surface area contributed by atoms with E-state index in [4.69, 9.17) is 10.8 Å². The molecule has 12 heavy (non-hydrogen) atoms. The zero-order valence-corrected chi connectivity index (χ0v) is 7.12. The minimum Gasteiger partial charge on any atom is -0.395 e. The molecule has 1 atom stereocenters. The standard InChI is InChI=1S/C8H16N2O2/c9-7(6-1-2-6)5-8(12)10-3-4-11/h6-7,11H,1-5,9H2,(H,10,12)/t7-/m1/s1. The summed E-state index contributed by atoms with van der Waals surface area (Å²) < 4.78 is 0. The van der Waals surface area contributed by atoms with E-state index in [1.165, 1.54) is 0 Å². The van der Waals surface area contributed by atoms with Gasteiger partial charge in [-0.25, -0.2) is 0 Å². The fourth-order valence-electron chi connectivity index (χ4n) is 1.17. The summed E-state index contributed by atoms with van der Waals surface area (Å²) in [6.07, 6.45) is 2.72. The van der Waals surface area contributed by atoms with E-state index in [1.807, 2.05) is 0 Å². The molecule has 0 unspecified atom stereocenters. The third-order valence-electron chi connectivity index (χ3n) is 2.08. The van der Waals surface area contributed by atoms with Crippen molar-refractivity contribution in [3.8, 4) is 0 Å². The Bertz CT molecular complexity index is 157.